The van der Waals surface area contributed by atoms with Gasteiger partial charge >= 0.3 is 0 Å². The number of benzene rings is 5. The summed E-state index contributed by atoms with van der Waals surface area (Å²) in [6.07, 6.45) is 10.8. The van der Waals surface area contributed by atoms with E-state index in [2.05, 4.69) is 127 Å². The Hall–Kier alpha value is -5.35. The molecule has 0 bridgehead atoms. The van der Waals surface area contributed by atoms with Crippen LogP contribution >= 0.6 is 0 Å². The number of hydrogen-bond donors (Lipinski definition) is 0. The van der Waals surface area contributed by atoms with Crippen molar-refractivity contribution < 1.29 is 18.8 Å². The Morgan fingerprint density at radius 3 is 2.09 bits per heavy atom. The van der Waals surface area contributed by atoms with E-state index in [9.17, 15) is 0 Å². The highest BCUT2D eigenvalue weighted by Gasteiger charge is 2.37. The molecule has 2 heterocycles. The zero-order valence-electron chi connectivity index (χ0n) is 24.5. The van der Waals surface area contributed by atoms with Crippen LogP contribution < -0.4 is 18.8 Å². The average molecular weight is 563 g/mol. The Balaban J connectivity index is 1.26. The minimum absolute atomic E-state index is 0.795. The van der Waals surface area contributed by atoms with E-state index in [1.54, 1.807) is 14.2 Å². The zero-order valence-corrected chi connectivity index (χ0v) is 24.5. The van der Waals surface area contributed by atoms with Crippen LogP contribution in [0.25, 0.3) is 39.9 Å². The molecule has 0 radical (unpaired) electrons. The van der Waals surface area contributed by atoms with Crippen molar-refractivity contribution in [3.8, 4) is 17.2 Å². The van der Waals surface area contributed by atoms with Crippen molar-refractivity contribution in [2.45, 2.75) is 5.60 Å². The van der Waals surface area contributed by atoms with E-state index < -0.39 is 5.60 Å². The van der Waals surface area contributed by atoms with Crippen LogP contribution in [0.4, 0.5) is 0 Å². The second-order valence-electron chi connectivity index (χ2n) is 10.8. The summed E-state index contributed by atoms with van der Waals surface area (Å²) in [6.45, 7) is 0. The van der Waals surface area contributed by atoms with E-state index in [4.69, 9.17) is 14.2 Å². The fourth-order valence-electron chi connectivity index (χ4n) is 6.00. The largest absolute Gasteiger partial charge is 0.497 e. The van der Waals surface area contributed by atoms with Crippen molar-refractivity contribution >= 4 is 39.9 Å². The second kappa shape index (κ2) is 10.8. The molecule has 0 N–H and O–H groups in total. The Kier molecular flexibility index (Phi) is 6.67. The molecule has 210 valence electrons. The Labute approximate surface area is 251 Å². The van der Waals surface area contributed by atoms with Crippen LogP contribution in [0.2, 0.25) is 0 Å². The van der Waals surface area contributed by atoms with E-state index in [1.807, 2.05) is 24.3 Å². The molecule has 5 aromatic carbocycles. The van der Waals surface area contributed by atoms with Crippen molar-refractivity contribution in [2.24, 2.45) is 7.05 Å². The Bertz CT molecular complexity index is 1970. The number of pyridine rings is 1. The topological polar surface area (TPSA) is 31.6 Å². The molecule has 0 saturated heterocycles. The van der Waals surface area contributed by atoms with E-state index in [1.165, 1.54) is 21.9 Å². The molecule has 4 nitrogen and oxygen atoms in total. The van der Waals surface area contributed by atoms with Gasteiger partial charge in [0.1, 0.15) is 24.3 Å². The van der Waals surface area contributed by atoms with E-state index in [-0.39, 0.29) is 0 Å². The van der Waals surface area contributed by atoms with Gasteiger partial charge in [0.15, 0.2) is 11.8 Å². The molecule has 4 heteroatoms. The lowest BCUT2D eigenvalue weighted by Crippen LogP contribution is -2.34. The first kappa shape index (κ1) is 26.5. The maximum atomic E-state index is 6.95. The number of hydrogen-bond acceptors (Lipinski definition) is 3. The van der Waals surface area contributed by atoms with Gasteiger partial charge in [0.2, 0.25) is 5.52 Å². The SMILES string of the molecule is COc1ccc(C2(c3ccc(OC)cc3)C=Cc3c(ccc4cc(/C=C/c5cc[n+](C)c6ccccc56)ccc34)O2)cc1. The summed E-state index contributed by atoms with van der Waals surface area (Å²) in [7, 11) is 5.44. The minimum atomic E-state index is -0.795. The summed E-state index contributed by atoms with van der Waals surface area (Å²) < 4.78 is 19.9. The first-order valence-electron chi connectivity index (χ1n) is 14.4. The molecule has 0 atom stereocenters. The van der Waals surface area contributed by atoms with Gasteiger partial charge in [-0.05, 0) is 76.5 Å². The standard InChI is InChI=1S/C39H32NO3/c1-40-25-23-28(35-6-4-5-7-37(35)40)10-8-27-9-20-34-29(26-27)11-21-38-36(34)22-24-39(43-38,30-12-16-32(41-2)17-13-30)31-14-18-33(42-3)19-15-31/h4-26H,1-3H3/q+1/b10-8+. The zero-order chi connectivity index (χ0) is 29.4. The van der Waals surface area contributed by atoms with Crippen LogP contribution in [0.3, 0.4) is 0 Å². The number of para-hydroxylation sites is 1. The maximum Gasteiger partial charge on any atom is 0.212 e. The first-order chi connectivity index (χ1) is 21.1. The number of fused-ring (bicyclic) bond motifs is 4. The minimum Gasteiger partial charge on any atom is -0.497 e. The molecular weight excluding hydrogens is 530 g/mol. The first-order valence-corrected chi connectivity index (χ1v) is 14.4. The lowest BCUT2D eigenvalue weighted by Gasteiger charge is -2.36. The third-order valence-corrected chi connectivity index (χ3v) is 8.37. The molecule has 0 aliphatic carbocycles. The Morgan fingerprint density at radius 2 is 1.40 bits per heavy atom. The number of ether oxygens (including phenoxy) is 3. The van der Waals surface area contributed by atoms with E-state index >= 15 is 0 Å². The molecule has 0 saturated carbocycles. The molecule has 0 unspecified atom stereocenters. The number of aromatic nitrogens is 1. The van der Waals surface area contributed by atoms with E-state index in [0.29, 0.717) is 0 Å². The molecule has 6 aromatic rings. The fourth-order valence-corrected chi connectivity index (χ4v) is 6.00. The molecule has 7 rings (SSSR count). The van der Waals surface area contributed by atoms with Gasteiger partial charge in [-0.2, -0.15) is 0 Å². The van der Waals surface area contributed by atoms with Crippen LogP contribution in [-0.2, 0) is 12.6 Å². The number of rotatable bonds is 6. The normalized spacial score (nSPS) is 13.7. The monoisotopic (exact) mass is 562 g/mol. The van der Waals surface area contributed by atoms with Crippen molar-refractivity contribution in [1.82, 2.24) is 0 Å². The summed E-state index contributed by atoms with van der Waals surface area (Å²) >= 11 is 0. The maximum absolute atomic E-state index is 6.95. The van der Waals surface area contributed by atoms with Gasteiger partial charge in [-0.3, -0.25) is 0 Å². The molecule has 43 heavy (non-hydrogen) atoms. The summed E-state index contributed by atoms with van der Waals surface area (Å²) in [5.74, 6) is 2.45. The highest BCUT2D eigenvalue weighted by molar-refractivity contribution is 5.96. The summed E-state index contributed by atoms with van der Waals surface area (Å²) in [5.41, 5.74) is 5.87. The van der Waals surface area contributed by atoms with Crippen LogP contribution in [0, 0.1) is 0 Å². The van der Waals surface area contributed by atoms with Crippen LogP contribution in [0.15, 0.2) is 121 Å². The van der Waals surface area contributed by atoms with Crippen molar-refractivity contribution in [3.05, 3.63) is 149 Å². The number of aryl methyl sites for hydroxylation is 1. The highest BCUT2D eigenvalue weighted by atomic mass is 16.5. The average Bonchev–Trinajstić information content (AvgIpc) is 3.07. The summed E-state index contributed by atoms with van der Waals surface area (Å²) in [4.78, 5) is 0. The van der Waals surface area contributed by atoms with Gasteiger partial charge in [-0.15, -0.1) is 0 Å². The number of methoxy groups -OCH3 is 2. The molecule has 0 fully saturated rings. The van der Waals surface area contributed by atoms with Crippen molar-refractivity contribution in [2.75, 3.05) is 14.2 Å². The van der Waals surface area contributed by atoms with E-state index in [0.717, 1.165) is 44.9 Å². The molecule has 1 aliphatic heterocycles. The smallest absolute Gasteiger partial charge is 0.212 e. The fraction of sp³-hybridized carbons (Fsp3) is 0.103. The molecular formula is C39H32NO3+. The quantitative estimate of drug-likeness (QED) is 0.191. The third-order valence-electron chi connectivity index (χ3n) is 8.37. The van der Waals surface area contributed by atoms with Crippen molar-refractivity contribution in [1.29, 1.82) is 0 Å². The van der Waals surface area contributed by atoms with Crippen molar-refractivity contribution in [3.63, 3.8) is 0 Å². The molecule has 0 spiro atoms. The van der Waals surface area contributed by atoms with Crippen LogP contribution in [-0.4, -0.2) is 14.2 Å². The lowest BCUT2D eigenvalue weighted by atomic mass is 9.83. The predicted molar refractivity (Wildman–Crippen MR) is 174 cm³/mol. The van der Waals surface area contributed by atoms with Gasteiger partial charge in [0.05, 0.1) is 19.6 Å². The lowest BCUT2D eigenvalue weighted by molar-refractivity contribution is -0.644. The van der Waals surface area contributed by atoms with Gasteiger partial charge < -0.3 is 14.2 Å². The summed E-state index contributed by atoms with van der Waals surface area (Å²) in [5, 5.41) is 3.55. The van der Waals surface area contributed by atoms with Crippen LogP contribution in [0.5, 0.6) is 17.2 Å². The van der Waals surface area contributed by atoms with Gasteiger partial charge in [-0.25, -0.2) is 4.57 Å². The predicted octanol–water partition coefficient (Wildman–Crippen LogP) is 8.35. The molecule has 1 aliphatic rings. The molecule has 1 aromatic heterocycles. The molecule has 0 amide bonds. The van der Waals surface area contributed by atoms with Gasteiger partial charge in [-0.1, -0.05) is 66.7 Å². The third kappa shape index (κ3) is 4.71. The number of nitrogens with zero attached hydrogens (tertiary/aromatic N) is 1. The second-order valence-corrected chi connectivity index (χ2v) is 10.8. The van der Waals surface area contributed by atoms with Gasteiger partial charge in [0.25, 0.3) is 0 Å². The summed E-state index contributed by atoms with van der Waals surface area (Å²) in [6, 6.07) is 37.6. The van der Waals surface area contributed by atoms with Gasteiger partial charge in [0, 0.05) is 28.8 Å². The Morgan fingerprint density at radius 1 is 0.698 bits per heavy atom. The van der Waals surface area contributed by atoms with Crippen LogP contribution in [0.1, 0.15) is 27.8 Å². The highest BCUT2D eigenvalue weighted by Crippen LogP contribution is 2.45.